The molecular formula is C13H26N2O2S. The molecule has 1 aliphatic carbocycles. The topological polar surface area (TPSA) is 33.7 Å². The summed E-state index contributed by atoms with van der Waals surface area (Å²) in [5.74, 6) is 2.58. The van der Waals surface area contributed by atoms with E-state index in [9.17, 15) is 0 Å². The highest BCUT2D eigenvalue weighted by Gasteiger charge is 2.41. The molecule has 0 radical (unpaired) electrons. The number of rotatable bonds is 7. The van der Waals surface area contributed by atoms with Crippen molar-refractivity contribution >= 4 is 11.8 Å². The van der Waals surface area contributed by atoms with Gasteiger partial charge in [-0.1, -0.05) is 0 Å². The van der Waals surface area contributed by atoms with Gasteiger partial charge in [0, 0.05) is 57.4 Å². The van der Waals surface area contributed by atoms with Crippen molar-refractivity contribution in [2.45, 2.75) is 31.6 Å². The van der Waals surface area contributed by atoms with Gasteiger partial charge in [0.05, 0.1) is 12.2 Å². The van der Waals surface area contributed by atoms with Gasteiger partial charge >= 0.3 is 0 Å². The Hall–Kier alpha value is 0.190. The third-order valence-corrected chi connectivity index (χ3v) is 4.78. The average molecular weight is 274 g/mol. The molecule has 106 valence electrons. The van der Waals surface area contributed by atoms with Gasteiger partial charge in [-0.05, 0) is 13.3 Å². The smallest absolute Gasteiger partial charge is 0.0986 e. The molecule has 0 bridgehead atoms. The summed E-state index contributed by atoms with van der Waals surface area (Å²) in [6.07, 6.45) is 1.62. The normalized spacial score (nSPS) is 33.3. The largest absolute Gasteiger partial charge is 0.377 e. The lowest BCUT2D eigenvalue weighted by atomic mass is 9.85. The van der Waals surface area contributed by atoms with Crippen LogP contribution in [-0.2, 0) is 9.47 Å². The molecule has 3 unspecified atom stereocenters. The standard InChI is InChI=1S/C13H26N2O2S/c1-3-17-12-10-11(13(12)16-2)14-4-5-15-6-8-18-9-7-15/h11-14H,3-10H2,1-2H3. The van der Waals surface area contributed by atoms with E-state index < -0.39 is 0 Å². The molecule has 1 saturated heterocycles. The fourth-order valence-corrected chi connectivity index (χ4v) is 3.69. The minimum Gasteiger partial charge on any atom is -0.377 e. The Morgan fingerprint density at radius 2 is 2.11 bits per heavy atom. The Morgan fingerprint density at radius 1 is 1.33 bits per heavy atom. The van der Waals surface area contributed by atoms with Crippen LogP contribution in [0.1, 0.15) is 13.3 Å². The maximum absolute atomic E-state index is 5.63. The van der Waals surface area contributed by atoms with Crippen LogP contribution < -0.4 is 5.32 Å². The van der Waals surface area contributed by atoms with E-state index in [4.69, 9.17) is 9.47 Å². The zero-order valence-corrected chi connectivity index (χ0v) is 12.4. The minimum absolute atomic E-state index is 0.238. The van der Waals surface area contributed by atoms with E-state index in [1.165, 1.54) is 24.6 Å². The maximum Gasteiger partial charge on any atom is 0.0986 e. The summed E-state index contributed by atoms with van der Waals surface area (Å²) in [6.45, 7) is 7.53. The van der Waals surface area contributed by atoms with Gasteiger partial charge < -0.3 is 19.7 Å². The summed E-state index contributed by atoms with van der Waals surface area (Å²) in [5.41, 5.74) is 0. The van der Waals surface area contributed by atoms with Gasteiger partial charge in [-0.3, -0.25) is 0 Å². The lowest BCUT2D eigenvalue weighted by Crippen LogP contribution is -2.60. The van der Waals surface area contributed by atoms with Crippen LogP contribution in [0.3, 0.4) is 0 Å². The Balaban J connectivity index is 1.59. The lowest BCUT2D eigenvalue weighted by molar-refractivity contribution is -0.131. The van der Waals surface area contributed by atoms with E-state index in [-0.39, 0.29) is 6.10 Å². The molecule has 2 rings (SSSR count). The van der Waals surface area contributed by atoms with Gasteiger partial charge in [0.1, 0.15) is 0 Å². The van der Waals surface area contributed by atoms with E-state index in [2.05, 4.69) is 22.0 Å². The molecule has 1 saturated carbocycles. The van der Waals surface area contributed by atoms with Crippen molar-refractivity contribution in [1.29, 1.82) is 0 Å². The molecule has 2 fully saturated rings. The minimum atomic E-state index is 0.238. The van der Waals surface area contributed by atoms with Crippen molar-refractivity contribution in [3.8, 4) is 0 Å². The van der Waals surface area contributed by atoms with E-state index in [0.29, 0.717) is 12.1 Å². The third kappa shape index (κ3) is 3.84. The Labute approximate surface area is 115 Å². The SMILES string of the molecule is CCOC1CC(NCCN2CCSCC2)C1OC. The number of methoxy groups -OCH3 is 1. The molecule has 3 atom stereocenters. The highest BCUT2D eigenvalue weighted by molar-refractivity contribution is 7.99. The molecule has 0 aromatic rings. The first-order valence-corrected chi connectivity index (χ1v) is 8.18. The Bertz CT molecular complexity index is 237. The van der Waals surface area contributed by atoms with Crippen LogP contribution in [0.4, 0.5) is 0 Å². The molecule has 0 amide bonds. The molecule has 0 spiro atoms. The van der Waals surface area contributed by atoms with Crippen LogP contribution in [0.15, 0.2) is 0 Å². The molecule has 1 N–H and O–H groups in total. The molecule has 1 aliphatic heterocycles. The molecule has 2 aliphatic rings. The fraction of sp³-hybridized carbons (Fsp3) is 1.00. The van der Waals surface area contributed by atoms with Crippen molar-refractivity contribution in [1.82, 2.24) is 10.2 Å². The first-order chi connectivity index (χ1) is 8.85. The number of ether oxygens (including phenoxy) is 2. The zero-order valence-electron chi connectivity index (χ0n) is 11.6. The van der Waals surface area contributed by atoms with Gasteiger partial charge in [-0.2, -0.15) is 11.8 Å². The Kier molecular flexibility index (Phi) is 6.24. The van der Waals surface area contributed by atoms with Gasteiger partial charge in [0.2, 0.25) is 0 Å². The monoisotopic (exact) mass is 274 g/mol. The predicted molar refractivity (Wildman–Crippen MR) is 76.4 cm³/mol. The molecular weight excluding hydrogens is 248 g/mol. The van der Waals surface area contributed by atoms with Crippen LogP contribution in [0.2, 0.25) is 0 Å². The summed E-state index contributed by atoms with van der Waals surface area (Å²) >= 11 is 2.07. The van der Waals surface area contributed by atoms with Crippen LogP contribution in [0.25, 0.3) is 0 Å². The molecule has 1 heterocycles. The van der Waals surface area contributed by atoms with Crippen molar-refractivity contribution in [3.05, 3.63) is 0 Å². The predicted octanol–water partition coefficient (Wildman–Crippen LogP) is 0.817. The fourth-order valence-electron chi connectivity index (χ4n) is 2.71. The van der Waals surface area contributed by atoms with Gasteiger partial charge in [-0.25, -0.2) is 0 Å². The molecule has 4 nitrogen and oxygen atoms in total. The van der Waals surface area contributed by atoms with Crippen LogP contribution in [-0.4, -0.2) is 74.6 Å². The van der Waals surface area contributed by atoms with Gasteiger partial charge in [-0.15, -0.1) is 0 Å². The summed E-state index contributed by atoms with van der Waals surface area (Å²) in [5, 5.41) is 3.60. The second-order valence-corrected chi connectivity index (χ2v) is 6.17. The highest BCUT2D eigenvalue weighted by atomic mass is 32.2. The first kappa shape index (κ1) is 14.6. The quantitative estimate of drug-likeness (QED) is 0.743. The van der Waals surface area contributed by atoms with Crippen LogP contribution >= 0.6 is 11.8 Å². The summed E-state index contributed by atoms with van der Waals surface area (Å²) in [6, 6.07) is 0.478. The number of hydrogen-bond acceptors (Lipinski definition) is 5. The van der Waals surface area contributed by atoms with Gasteiger partial charge in [0.25, 0.3) is 0 Å². The first-order valence-electron chi connectivity index (χ1n) is 7.03. The van der Waals surface area contributed by atoms with Crippen molar-refractivity contribution in [2.24, 2.45) is 0 Å². The third-order valence-electron chi connectivity index (χ3n) is 3.84. The second-order valence-electron chi connectivity index (χ2n) is 4.94. The van der Waals surface area contributed by atoms with Crippen molar-refractivity contribution < 1.29 is 9.47 Å². The Morgan fingerprint density at radius 3 is 2.78 bits per heavy atom. The summed E-state index contributed by atoms with van der Waals surface area (Å²) in [7, 11) is 1.78. The zero-order chi connectivity index (χ0) is 12.8. The average Bonchev–Trinajstić information content (AvgIpc) is 2.38. The van der Waals surface area contributed by atoms with E-state index in [1.54, 1.807) is 7.11 Å². The second kappa shape index (κ2) is 7.70. The summed E-state index contributed by atoms with van der Waals surface area (Å²) in [4.78, 5) is 2.55. The maximum atomic E-state index is 5.63. The van der Waals surface area contributed by atoms with Crippen molar-refractivity contribution in [3.63, 3.8) is 0 Å². The van der Waals surface area contributed by atoms with E-state index in [0.717, 1.165) is 26.1 Å². The lowest BCUT2D eigenvalue weighted by Gasteiger charge is -2.43. The van der Waals surface area contributed by atoms with Crippen molar-refractivity contribution in [2.75, 3.05) is 51.4 Å². The van der Waals surface area contributed by atoms with E-state index >= 15 is 0 Å². The molecule has 18 heavy (non-hydrogen) atoms. The van der Waals surface area contributed by atoms with Crippen LogP contribution in [0, 0.1) is 0 Å². The molecule has 0 aromatic carbocycles. The van der Waals surface area contributed by atoms with Gasteiger partial charge in [0.15, 0.2) is 0 Å². The number of nitrogens with one attached hydrogen (secondary N) is 1. The van der Waals surface area contributed by atoms with E-state index in [1.807, 2.05) is 6.92 Å². The molecule has 0 aromatic heterocycles. The number of thioether (sulfide) groups is 1. The van der Waals surface area contributed by atoms with Crippen LogP contribution in [0.5, 0.6) is 0 Å². The molecule has 5 heteroatoms. The number of hydrogen-bond donors (Lipinski definition) is 1. The number of nitrogens with zero attached hydrogens (tertiary/aromatic N) is 1. The summed E-state index contributed by atoms with van der Waals surface area (Å²) < 4.78 is 11.1. The highest BCUT2D eigenvalue weighted by Crippen LogP contribution is 2.26.